The Labute approximate surface area is 91.7 Å². The highest BCUT2D eigenvalue weighted by atomic mass is 16.5. The van der Waals surface area contributed by atoms with Crippen molar-refractivity contribution >= 4 is 5.97 Å². The molecule has 2 bridgehead atoms. The van der Waals surface area contributed by atoms with Crippen LogP contribution in [-0.2, 0) is 9.53 Å². The number of esters is 1. The van der Waals surface area contributed by atoms with Crippen molar-refractivity contribution in [2.75, 3.05) is 0 Å². The van der Waals surface area contributed by atoms with E-state index in [0.29, 0.717) is 23.7 Å². The molecule has 0 heterocycles. The molecular formula is C13H20O2. The number of carbonyl (C=O) groups excluding carboxylic acids is 1. The number of ether oxygens (including phenoxy) is 1. The van der Waals surface area contributed by atoms with Crippen LogP contribution in [0.2, 0.25) is 0 Å². The van der Waals surface area contributed by atoms with Crippen LogP contribution in [0.15, 0.2) is 11.6 Å². The molecule has 0 amide bonds. The standard InChI is InChI=1S/C13H20O2/c1-5-10(14)15-12-9-7-6-8(2)11(12)13(9,3)4/h6,9,11-12H,5,7H2,1-4H3. The van der Waals surface area contributed by atoms with Crippen LogP contribution in [0.1, 0.15) is 40.5 Å². The fourth-order valence-electron chi connectivity index (χ4n) is 3.30. The van der Waals surface area contributed by atoms with Gasteiger partial charge in [0.25, 0.3) is 0 Å². The van der Waals surface area contributed by atoms with E-state index in [1.807, 2.05) is 6.92 Å². The Kier molecular flexibility index (Phi) is 2.40. The zero-order valence-electron chi connectivity index (χ0n) is 10.0. The van der Waals surface area contributed by atoms with Gasteiger partial charge in [-0.05, 0) is 18.8 Å². The zero-order valence-corrected chi connectivity index (χ0v) is 10.0. The van der Waals surface area contributed by atoms with E-state index < -0.39 is 0 Å². The molecule has 2 nitrogen and oxygen atoms in total. The molecule has 3 aliphatic rings. The first-order valence-electron chi connectivity index (χ1n) is 5.84. The number of rotatable bonds is 2. The molecule has 1 saturated carbocycles. The van der Waals surface area contributed by atoms with Gasteiger partial charge < -0.3 is 4.74 Å². The Morgan fingerprint density at radius 3 is 2.73 bits per heavy atom. The lowest BCUT2D eigenvalue weighted by Crippen LogP contribution is -2.61. The van der Waals surface area contributed by atoms with Gasteiger partial charge in [0.05, 0.1) is 0 Å². The first-order valence-corrected chi connectivity index (χ1v) is 5.84. The van der Waals surface area contributed by atoms with Gasteiger partial charge in [-0.1, -0.05) is 32.4 Å². The van der Waals surface area contributed by atoms with Gasteiger partial charge in [0.1, 0.15) is 6.10 Å². The SMILES string of the molecule is CCC(=O)OC1C2CC=C(C)C1C2(C)C. The molecule has 0 aliphatic heterocycles. The van der Waals surface area contributed by atoms with Gasteiger partial charge in [0.2, 0.25) is 0 Å². The lowest BCUT2D eigenvalue weighted by molar-refractivity contribution is -0.191. The third-order valence-corrected chi connectivity index (χ3v) is 4.22. The molecule has 0 spiro atoms. The highest BCUT2D eigenvalue weighted by Gasteiger charge is 2.59. The molecule has 3 atom stereocenters. The second-order valence-corrected chi connectivity index (χ2v) is 5.40. The second-order valence-electron chi connectivity index (χ2n) is 5.40. The van der Waals surface area contributed by atoms with Crippen molar-refractivity contribution in [2.45, 2.75) is 46.6 Å². The van der Waals surface area contributed by atoms with Crippen molar-refractivity contribution in [1.82, 2.24) is 0 Å². The monoisotopic (exact) mass is 208 g/mol. The van der Waals surface area contributed by atoms with Crippen molar-refractivity contribution in [3.63, 3.8) is 0 Å². The second kappa shape index (κ2) is 3.36. The Bertz CT molecular complexity index is 314. The lowest BCUT2D eigenvalue weighted by Gasteiger charge is -2.60. The molecule has 15 heavy (non-hydrogen) atoms. The maximum absolute atomic E-state index is 11.3. The van der Waals surface area contributed by atoms with E-state index in [-0.39, 0.29) is 12.1 Å². The summed E-state index contributed by atoms with van der Waals surface area (Å²) in [6, 6.07) is 0. The molecule has 0 aromatic carbocycles. The van der Waals surface area contributed by atoms with E-state index >= 15 is 0 Å². The summed E-state index contributed by atoms with van der Waals surface area (Å²) < 4.78 is 5.53. The van der Waals surface area contributed by atoms with Gasteiger partial charge >= 0.3 is 5.97 Å². The number of hydrogen-bond donors (Lipinski definition) is 0. The largest absolute Gasteiger partial charge is 0.461 e. The molecular weight excluding hydrogens is 188 g/mol. The fraction of sp³-hybridized carbons (Fsp3) is 0.769. The van der Waals surface area contributed by atoms with Crippen LogP contribution in [0, 0.1) is 17.3 Å². The van der Waals surface area contributed by atoms with E-state index in [9.17, 15) is 4.79 Å². The number of carbonyl (C=O) groups is 1. The first kappa shape index (κ1) is 10.7. The van der Waals surface area contributed by atoms with E-state index in [0.717, 1.165) is 6.42 Å². The van der Waals surface area contributed by atoms with Crippen LogP contribution >= 0.6 is 0 Å². The maximum Gasteiger partial charge on any atom is 0.305 e. The average molecular weight is 208 g/mol. The molecule has 2 heteroatoms. The predicted octanol–water partition coefficient (Wildman–Crippen LogP) is 2.93. The predicted molar refractivity (Wildman–Crippen MR) is 59.3 cm³/mol. The minimum Gasteiger partial charge on any atom is -0.461 e. The van der Waals surface area contributed by atoms with Gasteiger partial charge in [-0.25, -0.2) is 0 Å². The molecule has 0 aromatic rings. The number of hydrogen-bond acceptors (Lipinski definition) is 2. The summed E-state index contributed by atoms with van der Waals surface area (Å²) in [5.41, 5.74) is 1.72. The third-order valence-electron chi connectivity index (χ3n) is 4.22. The first-order chi connectivity index (χ1) is 6.98. The van der Waals surface area contributed by atoms with Crippen molar-refractivity contribution in [2.24, 2.45) is 17.3 Å². The summed E-state index contributed by atoms with van der Waals surface area (Å²) in [4.78, 5) is 11.3. The van der Waals surface area contributed by atoms with Crippen molar-refractivity contribution < 1.29 is 9.53 Å². The average Bonchev–Trinajstić information content (AvgIpc) is 2.16. The van der Waals surface area contributed by atoms with E-state index in [1.54, 1.807) is 0 Å². The molecule has 3 unspecified atom stereocenters. The third kappa shape index (κ3) is 1.42. The molecule has 84 valence electrons. The molecule has 3 rings (SSSR count). The van der Waals surface area contributed by atoms with Crippen molar-refractivity contribution in [3.8, 4) is 0 Å². The summed E-state index contributed by atoms with van der Waals surface area (Å²) >= 11 is 0. The summed E-state index contributed by atoms with van der Waals surface area (Å²) in [5, 5.41) is 0. The van der Waals surface area contributed by atoms with Crippen LogP contribution in [0.4, 0.5) is 0 Å². The summed E-state index contributed by atoms with van der Waals surface area (Å²) in [6.45, 7) is 8.59. The van der Waals surface area contributed by atoms with Gasteiger partial charge in [-0.15, -0.1) is 0 Å². The normalized spacial score (nSPS) is 36.5. The maximum atomic E-state index is 11.3. The fourth-order valence-corrected chi connectivity index (χ4v) is 3.30. The minimum absolute atomic E-state index is 0.0554. The summed E-state index contributed by atoms with van der Waals surface area (Å²) in [5.74, 6) is 0.925. The van der Waals surface area contributed by atoms with E-state index in [1.165, 1.54) is 5.57 Å². The summed E-state index contributed by atoms with van der Waals surface area (Å²) in [6.07, 6.45) is 4.00. The van der Waals surface area contributed by atoms with Crippen LogP contribution in [0.3, 0.4) is 0 Å². The van der Waals surface area contributed by atoms with Crippen molar-refractivity contribution in [3.05, 3.63) is 11.6 Å². The summed E-state index contributed by atoms with van der Waals surface area (Å²) in [7, 11) is 0. The molecule has 3 aliphatic carbocycles. The lowest BCUT2D eigenvalue weighted by atomic mass is 9.47. The van der Waals surface area contributed by atoms with Crippen molar-refractivity contribution in [1.29, 1.82) is 0 Å². The van der Waals surface area contributed by atoms with Gasteiger partial charge in [-0.2, -0.15) is 0 Å². The Morgan fingerprint density at radius 1 is 1.60 bits per heavy atom. The molecule has 0 radical (unpaired) electrons. The molecule has 0 N–H and O–H groups in total. The Hall–Kier alpha value is -0.790. The molecule has 0 aromatic heterocycles. The van der Waals surface area contributed by atoms with Crippen LogP contribution < -0.4 is 0 Å². The van der Waals surface area contributed by atoms with Crippen LogP contribution in [0.5, 0.6) is 0 Å². The molecule has 1 fully saturated rings. The van der Waals surface area contributed by atoms with Gasteiger partial charge in [0, 0.05) is 18.3 Å². The van der Waals surface area contributed by atoms with Gasteiger partial charge in [-0.3, -0.25) is 4.79 Å². The highest BCUT2D eigenvalue weighted by molar-refractivity contribution is 5.69. The Balaban J connectivity index is 2.13. The number of allylic oxidation sites excluding steroid dienone is 1. The minimum atomic E-state index is -0.0554. The topological polar surface area (TPSA) is 26.3 Å². The zero-order chi connectivity index (χ0) is 11.2. The van der Waals surface area contributed by atoms with E-state index in [2.05, 4.69) is 26.8 Å². The van der Waals surface area contributed by atoms with Crippen LogP contribution in [-0.4, -0.2) is 12.1 Å². The Morgan fingerprint density at radius 2 is 2.27 bits per heavy atom. The van der Waals surface area contributed by atoms with E-state index in [4.69, 9.17) is 4.74 Å². The van der Waals surface area contributed by atoms with Crippen LogP contribution in [0.25, 0.3) is 0 Å². The molecule has 0 saturated heterocycles. The highest BCUT2D eigenvalue weighted by Crippen LogP contribution is 2.60. The quantitative estimate of drug-likeness (QED) is 0.515. The number of fused-ring (bicyclic) bond motifs is 1. The smallest absolute Gasteiger partial charge is 0.305 e. The van der Waals surface area contributed by atoms with Gasteiger partial charge in [0.15, 0.2) is 0 Å².